The van der Waals surface area contributed by atoms with Gasteiger partial charge < -0.3 is 15.5 Å². The summed E-state index contributed by atoms with van der Waals surface area (Å²) >= 11 is 3.28. The van der Waals surface area contributed by atoms with Crippen molar-refractivity contribution in [1.82, 2.24) is 15.6 Å². The molecule has 3 heterocycles. The van der Waals surface area contributed by atoms with Gasteiger partial charge in [0.05, 0.1) is 16.8 Å². The molecule has 2 amide bonds. The molecular weight excluding hydrogens is 392 g/mol. The largest absolute Gasteiger partial charge is 0.348 e. The molecular formula is C20H22N4O2S2. The molecule has 1 saturated heterocycles. The first-order valence-corrected chi connectivity index (χ1v) is 11.1. The zero-order valence-electron chi connectivity index (χ0n) is 15.4. The number of carbonyl (C=O) groups is 2. The highest BCUT2D eigenvalue weighted by Gasteiger charge is 2.23. The maximum Gasteiger partial charge on any atom is 0.309 e. The maximum absolute atomic E-state index is 12.0. The van der Waals surface area contributed by atoms with Gasteiger partial charge >= 0.3 is 11.8 Å². The van der Waals surface area contributed by atoms with Gasteiger partial charge in [-0.25, -0.2) is 4.98 Å². The Morgan fingerprint density at radius 2 is 1.86 bits per heavy atom. The molecule has 3 aromatic rings. The standard InChI is InChI=1S/C20H22N4O2S2/c25-18(19(26)22-13-15-4-3-11-27-15)21-12-14-7-9-24(10-8-14)20-23-16-5-1-2-6-17(16)28-20/h1-6,11,14H,7-10,12-13H2,(H,21,25)(H,22,26). The van der Waals surface area contributed by atoms with Gasteiger partial charge in [-0.05, 0) is 42.3 Å². The molecule has 0 atom stereocenters. The SMILES string of the molecule is O=C(NCc1cccs1)C(=O)NCC1CCN(c2nc3ccccc3s2)CC1. The van der Waals surface area contributed by atoms with Gasteiger partial charge in [0.15, 0.2) is 5.13 Å². The summed E-state index contributed by atoms with van der Waals surface area (Å²) in [6.07, 6.45) is 1.96. The van der Waals surface area contributed by atoms with Crippen LogP contribution in [0.2, 0.25) is 0 Å². The zero-order chi connectivity index (χ0) is 19.3. The first kappa shape index (κ1) is 18.9. The third kappa shape index (κ3) is 4.51. The van der Waals surface area contributed by atoms with E-state index in [9.17, 15) is 9.59 Å². The zero-order valence-corrected chi connectivity index (χ0v) is 17.0. The number of nitrogens with zero attached hydrogens (tertiary/aromatic N) is 2. The molecule has 0 radical (unpaired) electrons. The summed E-state index contributed by atoms with van der Waals surface area (Å²) in [5, 5.41) is 8.45. The van der Waals surface area contributed by atoms with Crippen LogP contribution in [-0.4, -0.2) is 36.4 Å². The second-order valence-electron chi connectivity index (χ2n) is 6.87. The number of rotatable bonds is 5. The summed E-state index contributed by atoms with van der Waals surface area (Å²) in [4.78, 5) is 32.0. The fourth-order valence-electron chi connectivity index (χ4n) is 3.30. The Labute approximate surface area is 171 Å². The molecule has 8 heteroatoms. The molecule has 146 valence electrons. The summed E-state index contributed by atoms with van der Waals surface area (Å²) in [6, 6.07) is 12.0. The molecule has 6 nitrogen and oxygen atoms in total. The predicted octanol–water partition coefficient (Wildman–Crippen LogP) is 3.01. The van der Waals surface area contributed by atoms with Gasteiger partial charge in [0.25, 0.3) is 0 Å². The van der Waals surface area contributed by atoms with Crippen molar-refractivity contribution in [2.45, 2.75) is 19.4 Å². The summed E-state index contributed by atoms with van der Waals surface area (Å²) in [5.74, 6) is -0.731. The van der Waals surface area contributed by atoms with E-state index < -0.39 is 11.8 Å². The Hall–Kier alpha value is -2.45. The van der Waals surface area contributed by atoms with E-state index in [1.54, 1.807) is 22.7 Å². The molecule has 0 unspecified atom stereocenters. The lowest BCUT2D eigenvalue weighted by molar-refractivity contribution is -0.139. The third-order valence-corrected chi connectivity index (χ3v) is 6.90. The summed E-state index contributed by atoms with van der Waals surface area (Å²) in [6.45, 7) is 2.78. The van der Waals surface area contributed by atoms with E-state index >= 15 is 0 Å². The average molecular weight is 415 g/mol. The van der Waals surface area contributed by atoms with E-state index in [-0.39, 0.29) is 0 Å². The summed E-state index contributed by atoms with van der Waals surface area (Å²) in [5.41, 5.74) is 1.05. The van der Waals surface area contributed by atoms with Gasteiger partial charge in [0.2, 0.25) is 0 Å². The third-order valence-electron chi connectivity index (χ3n) is 4.93. The number of hydrogen-bond acceptors (Lipinski definition) is 6. The Morgan fingerprint density at radius 3 is 2.61 bits per heavy atom. The number of thiophene rings is 1. The number of para-hydroxylation sites is 1. The lowest BCUT2D eigenvalue weighted by atomic mass is 9.97. The fourth-order valence-corrected chi connectivity index (χ4v) is 4.96. The summed E-state index contributed by atoms with van der Waals surface area (Å²) < 4.78 is 1.21. The first-order chi connectivity index (χ1) is 13.7. The highest BCUT2D eigenvalue weighted by Crippen LogP contribution is 2.31. The quantitative estimate of drug-likeness (QED) is 0.630. The van der Waals surface area contributed by atoms with Gasteiger partial charge in [-0.2, -0.15) is 0 Å². The minimum absolute atomic E-state index is 0.389. The molecule has 0 aliphatic carbocycles. The Kier molecular flexibility index (Phi) is 5.87. The summed E-state index contributed by atoms with van der Waals surface area (Å²) in [7, 11) is 0. The number of benzene rings is 1. The lowest BCUT2D eigenvalue weighted by Gasteiger charge is -2.31. The van der Waals surface area contributed by atoms with Crippen molar-refractivity contribution >= 4 is 49.8 Å². The molecule has 0 spiro atoms. The van der Waals surface area contributed by atoms with Crippen LogP contribution in [0.1, 0.15) is 17.7 Å². The van der Waals surface area contributed by atoms with Crippen LogP contribution in [-0.2, 0) is 16.1 Å². The maximum atomic E-state index is 12.0. The number of piperidine rings is 1. The van der Waals surface area contributed by atoms with Crippen LogP contribution in [0.4, 0.5) is 5.13 Å². The number of carbonyl (C=O) groups excluding carboxylic acids is 2. The smallest absolute Gasteiger partial charge is 0.309 e. The van der Waals surface area contributed by atoms with Crippen LogP contribution in [0.3, 0.4) is 0 Å². The molecule has 1 aliphatic rings. The predicted molar refractivity (Wildman–Crippen MR) is 114 cm³/mol. The second-order valence-corrected chi connectivity index (χ2v) is 8.91. The molecule has 4 rings (SSSR count). The Bertz CT molecular complexity index is 913. The van der Waals surface area contributed by atoms with Crippen LogP contribution >= 0.6 is 22.7 Å². The minimum Gasteiger partial charge on any atom is -0.348 e. The number of amides is 2. The number of nitrogens with one attached hydrogen (secondary N) is 2. The van der Waals surface area contributed by atoms with E-state index in [4.69, 9.17) is 4.98 Å². The number of fused-ring (bicyclic) bond motifs is 1. The van der Waals surface area contributed by atoms with Gasteiger partial charge in [0.1, 0.15) is 0 Å². The number of aromatic nitrogens is 1. The van der Waals surface area contributed by atoms with E-state index in [0.717, 1.165) is 41.5 Å². The monoisotopic (exact) mass is 414 g/mol. The molecule has 1 aromatic carbocycles. The number of hydrogen-bond donors (Lipinski definition) is 2. The van der Waals surface area contributed by atoms with E-state index in [2.05, 4.69) is 21.6 Å². The molecule has 0 bridgehead atoms. The molecule has 1 fully saturated rings. The van der Waals surface area contributed by atoms with Crippen molar-refractivity contribution in [3.05, 3.63) is 46.7 Å². The van der Waals surface area contributed by atoms with Crippen LogP contribution in [0, 0.1) is 5.92 Å². The Morgan fingerprint density at radius 1 is 1.07 bits per heavy atom. The Balaban J connectivity index is 1.21. The van der Waals surface area contributed by atoms with Gasteiger partial charge in [-0.1, -0.05) is 29.5 Å². The molecule has 0 saturated carbocycles. The van der Waals surface area contributed by atoms with Gasteiger partial charge in [-0.3, -0.25) is 9.59 Å². The van der Waals surface area contributed by atoms with Crippen molar-refractivity contribution in [3.63, 3.8) is 0 Å². The molecule has 1 aliphatic heterocycles. The second kappa shape index (κ2) is 8.70. The molecule has 2 N–H and O–H groups in total. The fraction of sp³-hybridized carbons (Fsp3) is 0.350. The average Bonchev–Trinajstić information content (AvgIpc) is 3.40. The van der Waals surface area contributed by atoms with Crippen LogP contribution in [0.25, 0.3) is 10.2 Å². The normalized spacial score (nSPS) is 14.9. The van der Waals surface area contributed by atoms with E-state index in [0.29, 0.717) is 19.0 Å². The highest BCUT2D eigenvalue weighted by atomic mass is 32.1. The number of thiazole rings is 1. The van der Waals surface area contributed by atoms with E-state index in [1.807, 2.05) is 35.7 Å². The number of anilines is 1. The van der Waals surface area contributed by atoms with Crippen LogP contribution < -0.4 is 15.5 Å². The van der Waals surface area contributed by atoms with Crippen molar-refractivity contribution in [2.24, 2.45) is 5.92 Å². The van der Waals surface area contributed by atoms with Gasteiger partial charge in [0, 0.05) is 24.5 Å². The van der Waals surface area contributed by atoms with Crippen LogP contribution in [0.5, 0.6) is 0 Å². The molecule has 2 aromatic heterocycles. The van der Waals surface area contributed by atoms with Crippen molar-refractivity contribution in [1.29, 1.82) is 0 Å². The highest BCUT2D eigenvalue weighted by molar-refractivity contribution is 7.22. The minimum atomic E-state index is -0.569. The first-order valence-electron chi connectivity index (χ1n) is 9.38. The van der Waals surface area contributed by atoms with Crippen molar-refractivity contribution in [3.8, 4) is 0 Å². The lowest BCUT2D eigenvalue weighted by Crippen LogP contribution is -2.43. The van der Waals surface area contributed by atoms with Crippen molar-refractivity contribution < 1.29 is 9.59 Å². The van der Waals surface area contributed by atoms with E-state index in [1.165, 1.54) is 4.70 Å². The van der Waals surface area contributed by atoms with Crippen molar-refractivity contribution in [2.75, 3.05) is 24.5 Å². The van der Waals surface area contributed by atoms with Gasteiger partial charge in [-0.15, -0.1) is 11.3 Å². The topological polar surface area (TPSA) is 74.3 Å². The molecule has 28 heavy (non-hydrogen) atoms. The van der Waals surface area contributed by atoms with Crippen LogP contribution in [0.15, 0.2) is 41.8 Å².